The molecule has 0 heterocycles. The highest BCUT2D eigenvalue weighted by atomic mass is 35.5. The first-order valence-electron chi connectivity index (χ1n) is 3.59. The van der Waals surface area contributed by atoms with Crippen LogP contribution in [0.25, 0.3) is 0 Å². The number of nitriles is 1. The third-order valence-corrected chi connectivity index (χ3v) is 1.63. The molecule has 0 bridgehead atoms. The molecule has 0 spiro atoms. The highest BCUT2D eigenvalue weighted by Crippen LogP contribution is 2.11. The fourth-order valence-electron chi connectivity index (χ4n) is 0.894. The van der Waals surface area contributed by atoms with Crippen LogP contribution < -0.4 is 5.73 Å². The van der Waals surface area contributed by atoms with Gasteiger partial charge in [-0.2, -0.15) is 5.26 Å². The summed E-state index contributed by atoms with van der Waals surface area (Å²) in [7, 11) is 0. The molecule has 2 N–H and O–H groups in total. The minimum absolute atomic E-state index is 0. The molecule has 0 aliphatic rings. The second-order valence-corrected chi connectivity index (χ2v) is 2.49. The first-order valence-corrected chi connectivity index (χ1v) is 3.59. The number of rotatable bonds is 2. The molecule has 1 aromatic rings. The van der Waals surface area contributed by atoms with Crippen LogP contribution in [0.5, 0.6) is 0 Å². The molecule has 0 saturated heterocycles. The maximum Gasteiger partial charge on any atom is 0.109 e. The topological polar surface area (TPSA) is 49.8 Å². The number of benzene rings is 1. The second kappa shape index (κ2) is 5.52. The van der Waals surface area contributed by atoms with Gasteiger partial charge in [0.05, 0.1) is 17.7 Å². The zero-order valence-corrected chi connectivity index (χ0v) is 7.72. The van der Waals surface area contributed by atoms with E-state index in [-0.39, 0.29) is 12.4 Å². The van der Waals surface area contributed by atoms with E-state index in [1.807, 2.05) is 6.07 Å². The monoisotopic (exact) mass is 200 g/mol. The molecule has 13 heavy (non-hydrogen) atoms. The van der Waals surface area contributed by atoms with Crippen LogP contribution in [0, 0.1) is 11.3 Å². The van der Waals surface area contributed by atoms with Gasteiger partial charge in [0, 0.05) is 0 Å². The van der Waals surface area contributed by atoms with Crippen molar-refractivity contribution < 1.29 is 4.39 Å². The van der Waals surface area contributed by atoms with E-state index < -0.39 is 12.7 Å². The van der Waals surface area contributed by atoms with Gasteiger partial charge in [-0.3, -0.25) is 0 Å². The first-order chi connectivity index (χ1) is 5.77. The van der Waals surface area contributed by atoms with E-state index in [0.717, 1.165) is 5.56 Å². The third-order valence-electron chi connectivity index (χ3n) is 1.63. The van der Waals surface area contributed by atoms with Gasteiger partial charge in [-0.1, -0.05) is 12.1 Å². The van der Waals surface area contributed by atoms with Gasteiger partial charge in [0.25, 0.3) is 0 Å². The summed E-state index contributed by atoms with van der Waals surface area (Å²) >= 11 is 0. The van der Waals surface area contributed by atoms with Crippen LogP contribution in [-0.2, 0) is 0 Å². The summed E-state index contributed by atoms with van der Waals surface area (Å²) in [5, 5.41) is 8.47. The van der Waals surface area contributed by atoms with Crippen molar-refractivity contribution in [3.05, 3.63) is 35.4 Å². The Morgan fingerprint density at radius 1 is 1.38 bits per heavy atom. The number of halogens is 2. The smallest absolute Gasteiger partial charge is 0.109 e. The molecular formula is C9H10ClFN2. The molecule has 70 valence electrons. The highest BCUT2D eigenvalue weighted by Gasteiger charge is 2.03. The summed E-state index contributed by atoms with van der Waals surface area (Å²) < 4.78 is 12.1. The second-order valence-electron chi connectivity index (χ2n) is 2.49. The van der Waals surface area contributed by atoms with E-state index in [9.17, 15) is 4.39 Å². The minimum atomic E-state index is -0.577. The van der Waals surface area contributed by atoms with Crippen LogP contribution in [0.2, 0.25) is 0 Å². The third kappa shape index (κ3) is 3.02. The van der Waals surface area contributed by atoms with Gasteiger partial charge >= 0.3 is 0 Å². The van der Waals surface area contributed by atoms with Crippen LogP contribution in [-0.4, -0.2) is 6.67 Å². The van der Waals surface area contributed by atoms with Gasteiger partial charge in [0.15, 0.2) is 0 Å². The lowest BCUT2D eigenvalue weighted by Gasteiger charge is -2.05. The Bertz CT molecular complexity index is 291. The molecule has 0 fully saturated rings. The molecule has 0 radical (unpaired) electrons. The summed E-state index contributed by atoms with van der Waals surface area (Å²) in [6, 6.07) is 8.00. The van der Waals surface area contributed by atoms with Crippen LogP contribution in [0.4, 0.5) is 4.39 Å². The molecule has 2 nitrogen and oxygen atoms in total. The standard InChI is InChI=1S/C9H9FN2.ClH/c10-5-9(12)8-3-1-7(6-11)2-4-8;/h1-4,9H,5,12H2;1H/t9-;/m0./s1. The Morgan fingerprint density at radius 3 is 2.31 bits per heavy atom. The van der Waals surface area contributed by atoms with Gasteiger partial charge in [0.2, 0.25) is 0 Å². The molecule has 0 amide bonds. The van der Waals surface area contributed by atoms with Gasteiger partial charge in [-0.25, -0.2) is 4.39 Å². The fraction of sp³-hybridized carbons (Fsp3) is 0.222. The average molecular weight is 201 g/mol. The number of hydrogen-bond donors (Lipinski definition) is 1. The number of alkyl halides is 1. The van der Waals surface area contributed by atoms with Crippen molar-refractivity contribution in [1.82, 2.24) is 0 Å². The number of nitrogens with zero attached hydrogens (tertiary/aromatic N) is 1. The average Bonchev–Trinajstić information content (AvgIpc) is 2.17. The molecule has 1 rings (SSSR count). The molecule has 0 aliphatic heterocycles. The number of nitrogens with two attached hydrogens (primary N) is 1. The zero-order chi connectivity index (χ0) is 8.97. The summed E-state index contributed by atoms with van der Waals surface area (Å²) in [5.41, 5.74) is 6.71. The molecule has 1 atom stereocenters. The van der Waals surface area contributed by atoms with Gasteiger partial charge < -0.3 is 5.73 Å². The maximum absolute atomic E-state index is 12.1. The lowest BCUT2D eigenvalue weighted by atomic mass is 10.1. The van der Waals surface area contributed by atoms with Crippen LogP contribution >= 0.6 is 12.4 Å². The van der Waals surface area contributed by atoms with Gasteiger partial charge in [-0.05, 0) is 17.7 Å². The predicted molar refractivity (Wildman–Crippen MR) is 51.3 cm³/mol. The molecule has 0 saturated carbocycles. The zero-order valence-electron chi connectivity index (χ0n) is 6.90. The van der Waals surface area contributed by atoms with Crippen LogP contribution in [0.1, 0.15) is 17.2 Å². The Balaban J connectivity index is 0.00000144. The Morgan fingerprint density at radius 2 is 1.92 bits per heavy atom. The van der Waals surface area contributed by atoms with Crippen molar-refractivity contribution in [2.45, 2.75) is 6.04 Å². The van der Waals surface area contributed by atoms with Crippen molar-refractivity contribution in [3.8, 4) is 6.07 Å². The van der Waals surface area contributed by atoms with E-state index in [2.05, 4.69) is 0 Å². The van der Waals surface area contributed by atoms with Crippen molar-refractivity contribution in [1.29, 1.82) is 5.26 Å². The van der Waals surface area contributed by atoms with Crippen molar-refractivity contribution >= 4 is 12.4 Å². The minimum Gasteiger partial charge on any atom is -0.322 e. The molecule has 0 aliphatic carbocycles. The van der Waals surface area contributed by atoms with Crippen LogP contribution in [0.3, 0.4) is 0 Å². The summed E-state index contributed by atoms with van der Waals surface area (Å²) in [6.07, 6.45) is 0. The van der Waals surface area contributed by atoms with E-state index in [0.29, 0.717) is 5.56 Å². The van der Waals surface area contributed by atoms with E-state index in [4.69, 9.17) is 11.0 Å². The Labute approximate surface area is 82.6 Å². The maximum atomic E-state index is 12.1. The molecule has 0 unspecified atom stereocenters. The van der Waals surface area contributed by atoms with Crippen LogP contribution in [0.15, 0.2) is 24.3 Å². The van der Waals surface area contributed by atoms with E-state index >= 15 is 0 Å². The molecule has 4 heteroatoms. The fourth-order valence-corrected chi connectivity index (χ4v) is 0.894. The van der Waals surface area contributed by atoms with E-state index in [1.165, 1.54) is 0 Å². The number of hydrogen-bond acceptors (Lipinski definition) is 2. The lowest BCUT2D eigenvalue weighted by molar-refractivity contribution is 0.437. The first kappa shape index (κ1) is 11.9. The molecule has 0 aromatic heterocycles. The van der Waals surface area contributed by atoms with Gasteiger partial charge in [-0.15, -0.1) is 12.4 Å². The highest BCUT2D eigenvalue weighted by molar-refractivity contribution is 5.85. The largest absolute Gasteiger partial charge is 0.322 e. The van der Waals surface area contributed by atoms with E-state index in [1.54, 1.807) is 24.3 Å². The van der Waals surface area contributed by atoms with Crippen molar-refractivity contribution in [2.75, 3.05) is 6.67 Å². The van der Waals surface area contributed by atoms with Gasteiger partial charge in [0.1, 0.15) is 6.67 Å². The Hall–Kier alpha value is -1.11. The lowest BCUT2D eigenvalue weighted by Crippen LogP contribution is -2.11. The normalized spacial score (nSPS) is 11.2. The summed E-state index contributed by atoms with van der Waals surface area (Å²) in [6.45, 7) is -0.577. The summed E-state index contributed by atoms with van der Waals surface area (Å²) in [5.74, 6) is 0. The summed E-state index contributed by atoms with van der Waals surface area (Å²) in [4.78, 5) is 0. The van der Waals surface area contributed by atoms with Crippen molar-refractivity contribution in [3.63, 3.8) is 0 Å². The van der Waals surface area contributed by atoms with Crippen molar-refractivity contribution in [2.24, 2.45) is 5.73 Å². The molecule has 1 aromatic carbocycles. The molecular weight excluding hydrogens is 191 g/mol. The predicted octanol–water partition coefficient (Wildman–Crippen LogP) is 1.95. The Kier molecular flexibility index (Phi) is 5.05. The quantitative estimate of drug-likeness (QED) is 0.794. The SMILES string of the molecule is Cl.N#Cc1ccc([C@@H](N)CF)cc1.